The molecule has 0 N–H and O–H groups in total. The summed E-state index contributed by atoms with van der Waals surface area (Å²) in [6.07, 6.45) is 4.25. The Kier molecular flexibility index (Phi) is 6.71. The summed E-state index contributed by atoms with van der Waals surface area (Å²) >= 11 is 1.65. The van der Waals surface area contributed by atoms with E-state index in [1.54, 1.807) is 27.4 Å². The van der Waals surface area contributed by atoms with Crippen molar-refractivity contribution in [2.75, 3.05) is 13.1 Å². The van der Waals surface area contributed by atoms with Crippen molar-refractivity contribution in [3.8, 4) is 11.4 Å². The second-order valence-electron chi connectivity index (χ2n) is 8.56. The van der Waals surface area contributed by atoms with E-state index in [2.05, 4.69) is 10.1 Å². The van der Waals surface area contributed by atoms with Crippen LogP contribution in [0.4, 0.5) is 4.79 Å². The van der Waals surface area contributed by atoms with Gasteiger partial charge in [0.2, 0.25) is 0 Å². The lowest BCUT2D eigenvalue weighted by Gasteiger charge is -2.30. The maximum absolute atomic E-state index is 11.8. The number of benzene rings is 1. The van der Waals surface area contributed by atoms with Gasteiger partial charge in [0.15, 0.2) is 0 Å². The minimum Gasteiger partial charge on any atom is -0.487 e. The molecule has 0 aliphatic carbocycles. The van der Waals surface area contributed by atoms with Crippen LogP contribution in [-0.4, -0.2) is 49.7 Å². The van der Waals surface area contributed by atoms with Gasteiger partial charge in [0, 0.05) is 24.4 Å². The van der Waals surface area contributed by atoms with Crippen molar-refractivity contribution in [3.63, 3.8) is 0 Å². The highest BCUT2D eigenvalue weighted by atomic mass is 32.1. The Morgan fingerprint density at radius 1 is 1.19 bits per heavy atom. The molecule has 3 heterocycles. The van der Waals surface area contributed by atoms with Crippen LogP contribution in [-0.2, 0) is 16.2 Å². The third-order valence-corrected chi connectivity index (χ3v) is 5.93. The quantitative estimate of drug-likeness (QED) is 0.505. The van der Waals surface area contributed by atoms with Gasteiger partial charge in [-0.1, -0.05) is 0 Å². The zero-order valence-electron chi connectivity index (χ0n) is 18.4. The number of nitrogens with zero attached hydrogens (tertiary/aromatic N) is 5. The Hall–Kier alpha value is -2.98. The van der Waals surface area contributed by atoms with Gasteiger partial charge in [-0.05, 0) is 57.9 Å². The van der Waals surface area contributed by atoms with Crippen LogP contribution in [0.2, 0.25) is 0 Å². The number of hydrogen-bond donors (Lipinski definition) is 0. The third kappa shape index (κ3) is 6.04. The molecule has 10 heteroatoms. The van der Waals surface area contributed by atoms with Crippen LogP contribution in [0, 0.1) is 0 Å². The van der Waals surface area contributed by atoms with Gasteiger partial charge in [-0.2, -0.15) is 5.10 Å². The summed E-state index contributed by atoms with van der Waals surface area (Å²) in [5.41, 5.74) is 1.28. The third-order valence-electron chi connectivity index (χ3n) is 4.87. The van der Waals surface area contributed by atoms with Crippen LogP contribution in [0.5, 0.6) is 5.75 Å². The number of carbonyl (C=O) groups excluding carboxylic acids is 1. The molecule has 3 aromatic rings. The molecule has 1 aromatic carbocycles. The number of thiazole rings is 1. The van der Waals surface area contributed by atoms with Crippen molar-refractivity contribution in [1.29, 1.82) is 0 Å². The Bertz CT molecular complexity index is 1010. The molecule has 32 heavy (non-hydrogen) atoms. The van der Waals surface area contributed by atoms with Crippen LogP contribution < -0.4 is 4.74 Å². The molecule has 1 fully saturated rings. The van der Waals surface area contributed by atoms with E-state index in [0.29, 0.717) is 25.6 Å². The summed E-state index contributed by atoms with van der Waals surface area (Å²) in [6.45, 7) is 7.19. The minimum absolute atomic E-state index is 0.356. The fraction of sp³-hybridized carbons (Fsp3) is 0.455. The molecular formula is C22H27N5O4S. The standard InChI is InChI=1S/C22H27N5O4S/c1-22(2,3)30-21(28)31-26-10-8-16(9-11-26)20-25-17(13-32-20)12-29-19-6-4-18(5-7-19)27-15-23-14-24-27/h4-7,13-16H,8-12H2,1-3H3. The first kappa shape index (κ1) is 22.2. The van der Waals surface area contributed by atoms with Crippen LogP contribution >= 0.6 is 11.3 Å². The van der Waals surface area contributed by atoms with E-state index in [1.165, 1.54) is 6.33 Å². The topological polar surface area (TPSA) is 91.6 Å². The predicted molar refractivity (Wildman–Crippen MR) is 119 cm³/mol. The smallest absolute Gasteiger partial charge is 0.487 e. The van der Waals surface area contributed by atoms with Gasteiger partial charge in [-0.15, -0.1) is 16.4 Å². The number of piperidine rings is 1. The predicted octanol–water partition coefficient (Wildman–Crippen LogP) is 4.35. The zero-order valence-corrected chi connectivity index (χ0v) is 19.2. The molecular weight excluding hydrogens is 430 g/mol. The number of hydrogen-bond acceptors (Lipinski definition) is 9. The van der Waals surface area contributed by atoms with E-state index >= 15 is 0 Å². The lowest BCUT2D eigenvalue weighted by molar-refractivity contribution is -0.152. The average Bonchev–Trinajstić information content (AvgIpc) is 3.44. The van der Waals surface area contributed by atoms with E-state index < -0.39 is 11.8 Å². The van der Waals surface area contributed by atoms with Crippen molar-refractivity contribution in [3.05, 3.63) is 53.0 Å². The van der Waals surface area contributed by atoms with Crippen molar-refractivity contribution < 1.29 is 19.1 Å². The first-order valence-electron chi connectivity index (χ1n) is 10.5. The summed E-state index contributed by atoms with van der Waals surface area (Å²) in [5.74, 6) is 1.13. The number of hydroxylamine groups is 2. The fourth-order valence-electron chi connectivity index (χ4n) is 3.34. The van der Waals surface area contributed by atoms with Crippen molar-refractivity contribution in [2.45, 2.75) is 51.7 Å². The molecule has 9 nitrogen and oxygen atoms in total. The normalized spacial score (nSPS) is 15.5. The van der Waals surface area contributed by atoms with E-state index in [-0.39, 0.29) is 0 Å². The maximum Gasteiger partial charge on any atom is 0.528 e. The van der Waals surface area contributed by atoms with Crippen LogP contribution in [0.1, 0.15) is 50.2 Å². The highest BCUT2D eigenvalue weighted by molar-refractivity contribution is 7.09. The van der Waals surface area contributed by atoms with Gasteiger partial charge in [0.1, 0.15) is 30.6 Å². The second-order valence-corrected chi connectivity index (χ2v) is 9.45. The molecule has 1 aliphatic heterocycles. The molecule has 2 aromatic heterocycles. The van der Waals surface area contributed by atoms with Crippen molar-refractivity contribution >= 4 is 17.5 Å². The van der Waals surface area contributed by atoms with E-state index in [0.717, 1.165) is 35.0 Å². The van der Waals surface area contributed by atoms with Gasteiger partial charge in [-0.3, -0.25) is 0 Å². The van der Waals surface area contributed by atoms with Crippen LogP contribution in [0.15, 0.2) is 42.3 Å². The molecule has 0 unspecified atom stereocenters. The average molecular weight is 458 g/mol. The Morgan fingerprint density at radius 2 is 1.94 bits per heavy atom. The fourth-order valence-corrected chi connectivity index (χ4v) is 4.31. The Labute approximate surface area is 190 Å². The highest BCUT2D eigenvalue weighted by Crippen LogP contribution is 2.31. The summed E-state index contributed by atoms with van der Waals surface area (Å²) in [6, 6.07) is 7.68. The van der Waals surface area contributed by atoms with Gasteiger partial charge >= 0.3 is 6.16 Å². The lowest BCUT2D eigenvalue weighted by Crippen LogP contribution is -2.37. The first-order valence-corrected chi connectivity index (χ1v) is 11.4. The Balaban J connectivity index is 1.23. The van der Waals surface area contributed by atoms with Gasteiger partial charge < -0.3 is 14.3 Å². The van der Waals surface area contributed by atoms with Crippen LogP contribution in [0.3, 0.4) is 0 Å². The van der Waals surface area contributed by atoms with Gasteiger partial charge in [-0.25, -0.2) is 19.4 Å². The molecule has 1 aliphatic rings. The summed E-state index contributed by atoms with van der Waals surface area (Å²) in [4.78, 5) is 25.8. The number of aromatic nitrogens is 4. The molecule has 0 bridgehead atoms. The van der Waals surface area contributed by atoms with E-state index in [1.807, 2.05) is 50.4 Å². The van der Waals surface area contributed by atoms with Gasteiger partial charge in [0.25, 0.3) is 0 Å². The van der Waals surface area contributed by atoms with Crippen molar-refractivity contribution in [1.82, 2.24) is 24.8 Å². The maximum atomic E-state index is 11.8. The lowest BCUT2D eigenvalue weighted by atomic mass is 9.99. The van der Waals surface area contributed by atoms with Crippen molar-refractivity contribution in [2.24, 2.45) is 0 Å². The molecule has 1 saturated heterocycles. The molecule has 0 spiro atoms. The molecule has 0 amide bonds. The highest BCUT2D eigenvalue weighted by Gasteiger charge is 2.27. The first-order chi connectivity index (χ1) is 15.4. The monoisotopic (exact) mass is 457 g/mol. The molecule has 4 rings (SSSR count). The summed E-state index contributed by atoms with van der Waals surface area (Å²) < 4.78 is 12.8. The Morgan fingerprint density at radius 3 is 2.59 bits per heavy atom. The summed E-state index contributed by atoms with van der Waals surface area (Å²) in [5, 5.41) is 8.93. The minimum atomic E-state index is -0.654. The molecule has 170 valence electrons. The van der Waals surface area contributed by atoms with Gasteiger partial charge in [0.05, 0.1) is 16.4 Å². The van der Waals surface area contributed by atoms with E-state index in [9.17, 15) is 4.79 Å². The van der Waals surface area contributed by atoms with E-state index in [4.69, 9.17) is 19.3 Å². The summed E-state index contributed by atoms with van der Waals surface area (Å²) in [7, 11) is 0. The SMILES string of the molecule is CC(C)(C)OC(=O)ON1CCC(c2nc(COc3ccc(-n4cncn4)cc3)cs2)CC1. The zero-order chi connectivity index (χ0) is 22.6. The molecule has 0 saturated carbocycles. The molecule has 0 atom stereocenters. The van der Waals surface area contributed by atoms with Crippen LogP contribution in [0.25, 0.3) is 5.69 Å². The second kappa shape index (κ2) is 9.66. The molecule has 0 radical (unpaired) electrons. The number of carbonyl (C=O) groups is 1. The number of rotatable bonds is 6. The largest absolute Gasteiger partial charge is 0.528 e. The number of ether oxygens (including phenoxy) is 2.